The lowest BCUT2D eigenvalue weighted by atomic mass is 9.82. The molecule has 0 atom stereocenters. The Morgan fingerprint density at radius 3 is 1.21 bits per heavy atom. The molecule has 4 aromatic rings. The molecule has 6 heteroatoms. The molecule has 0 aromatic heterocycles. The second kappa shape index (κ2) is 16.4. The van der Waals surface area contributed by atoms with E-state index in [0.717, 1.165) is 12.0 Å². The van der Waals surface area contributed by atoms with E-state index in [1.807, 2.05) is 0 Å². The van der Waals surface area contributed by atoms with E-state index in [1.165, 1.54) is 20.7 Å². The average Bonchev–Trinajstić information content (AvgIpc) is 3.44. The molecule has 4 aromatic carbocycles. The minimum Gasteiger partial charge on any atom is -0.451 e. The van der Waals surface area contributed by atoms with Crippen LogP contribution in [0, 0.1) is 17.8 Å². The van der Waals surface area contributed by atoms with Gasteiger partial charge in [-0.05, 0) is 55.0 Å². The third kappa shape index (κ3) is 8.41. The zero-order valence-corrected chi connectivity index (χ0v) is 35.8. The predicted molar refractivity (Wildman–Crippen MR) is 226 cm³/mol. The van der Waals surface area contributed by atoms with Gasteiger partial charge in [0.25, 0.3) is 16.6 Å². The van der Waals surface area contributed by atoms with Crippen LogP contribution >= 0.6 is 0 Å². The highest BCUT2D eigenvalue weighted by Gasteiger charge is 2.56. The maximum Gasteiger partial charge on any atom is 0.334 e. The lowest BCUT2D eigenvalue weighted by Gasteiger charge is -2.46. The van der Waals surface area contributed by atoms with Crippen molar-refractivity contribution in [3.8, 4) is 0 Å². The molecule has 1 aliphatic heterocycles. The Morgan fingerprint density at radius 1 is 0.604 bits per heavy atom. The number of ether oxygens (including phenoxy) is 1. The normalized spacial score (nSPS) is 16.2. The molecule has 0 saturated carbocycles. The Labute approximate surface area is 322 Å². The van der Waals surface area contributed by atoms with Crippen LogP contribution in [0.2, 0.25) is 10.1 Å². The monoisotopic (exact) mass is 746 g/mol. The Bertz CT molecular complexity index is 1600. The second-order valence-corrected chi connectivity index (χ2v) is 26.4. The molecule has 0 aliphatic carbocycles. The van der Waals surface area contributed by atoms with Crippen molar-refractivity contribution < 1.29 is 18.4 Å². The van der Waals surface area contributed by atoms with Crippen LogP contribution in [0.5, 0.6) is 0 Å². The highest BCUT2D eigenvalue weighted by atomic mass is 28.4. The van der Waals surface area contributed by atoms with E-state index in [4.69, 9.17) is 13.6 Å². The maximum atomic E-state index is 14.1. The second-order valence-electron chi connectivity index (χ2n) is 17.8. The fourth-order valence-corrected chi connectivity index (χ4v) is 17.9. The predicted octanol–water partition coefficient (Wildman–Crippen LogP) is 9.07. The van der Waals surface area contributed by atoms with Gasteiger partial charge in [0.05, 0.1) is 13.2 Å². The van der Waals surface area contributed by atoms with Crippen LogP contribution in [0.25, 0.3) is 0 Å². The van der Waals surface area contributed by atoms with Gasteiger partial charge in [-0.3, -0.25) is 0 Å². The average molecular weight is 747 g/mol. The summed E-state index contributed by atoms with van der Waals surface area (Å²) in [5, 5.41) is 4.30. The van der Waals surface area contributed by atoms with Crippen LogP contribution in [-0.2, 0) is 18.4 Å². The first kappa shape index (κ1) is 40.6. The summed E-state index contributed by atoms with van der Waals surface area (Å²) in [4.78, 5) is 14.1. The van der Waals surface area contributed by atoms with Gasteiger partial charge in [-0.25, -0.2) is 4.79 Å². The molecule has 1 aliphatic rings. The van der Waals surface area contributed by atoms with Gasteiger partial charge in [0.2, 0.25) is 0 Å². The fourth-order valence-electron chi connectivity index (χ4n) is 8.67. The molecule has 5 rings (SSSR count). The van der Waals surface area contributed by atoms with Crippen LogP contribution in [0.3, 0.4) is 0 Å². The summed E-state index contributed by atoms with van der Waals surface area (Å²) < 4.78 is 21.8. The zero-order chi connectivity index (χ0) is 38.5. The van der Waals surface area contributed by atoms with Gasteiger partial charge in [-0.2, -0.15) is 0 Å². The molecule has 282 valence electrons. The third-order valence-corrected chi connectivity index (χ3v) is 21.3. The van der Waals surface area contributed by atoms with E-state index in [-0.39, 0.29) is 29.3 Å². The molecule has 1 fully saturated rings. The molecule has 0 bridgehead atoms. The molecule has 1 heterocycles. The number of benzene rings is 4. The van der Waals surface area contributed by atoms with E-state index < -0.39 is 22.2 Å². The topological polar surface area (TPSA) is 44.8 Å². The molecule has 0 amide bonds. The standard InChI is InChI=1S/C47H62O4Si2/c1-36(2)43(37(3)4)32-31-38-33-47(51-44(38)48,34-49-52(45(5,6)7,39-23-15-11-16-24-39)40-25-17-12-18-26-40)35-50-53(46(8,9)10,41-27-19-13-20-28-41)42-29-21-14-22-30-42/h11-31,36-37,43H,32-35H2,1-10H3/b38-31+. The van der Waals surface area contributed by atoms with Crippen molar-refractivity contribution in [3.63, 3.8) is 0 Å². The molecule has 0 spiro atoms. The van der Waals surface area contributed by atoms with Crippen LogP contribution in [-0.4, -0.2) is 41.4 Å². The number of esters is 1. The van der Waals surface area contributed by atoms with Gasteiger partial charge in [0.15, 0.2) is 5.60 Å². The number of carbonyl (C=O) groups excluding carboxylic acids is 1. The lowest BCUT2D eigenvalue weighted by Crippen LogP contribution is -2.69. The summed E-state index contributed by atoms with van der Waals surface area (Å²) in [7, 11) is -5.94. The first-order valence-electron chi connectivity index (χ1n) is 19.5. The number of rotatable bonds is 14. The van der Waals surface area contributed by atoms with Crippen LogP contribution < -0.4 is 20.7 Å². The Morgan fingerprint density at radius 2 is 0.925 bits per heavy atom. The summed E-state index contributed by atoms with van der Waals surface area (Å²) in [6.07, 6.45) is 3.42. The SMILES string of the molecule is CC(C)C(C/C=C1\CC(CO[Si](c2ccccc2)(c2ccccc2)C(C)(C)C)(CO[Si](c2ccccc2)(c2ccccc2)C(C)(C)C)OC1=O)C(C)C. The van der Waals surface area contributed by atoms with E-state index >= 15 is 0 Å². The Balaban J connectivity index is 1.65. The van der Waals surface area contributed by atoms with Crippen molar-refractivity contribution >= 4 is 43.4 Å². The van der Waals surface area contributed by atoms with Gasteiger partial charge in [0, 0.05) is 12.0 Å². The third-order valence-electron chi connectivity index (χ3n) is 11.4. The molecular formula is C47H62O4Si2. The first-order valence-corrected chi connectivity index (χ1v) is 23.3. The van der Waals surface area contributed by atoms with Crippen molar-refractivity contribution in [1.29, 1.82) is 0 Å². The van der Waals surface area contributed by atoms with Crippen LogP contribution in [0.4, 0.5) is 0 Å². The van der Waals surface area contributed by atoms with Gasteiger partial charge in [-0.1, -0.05) is 197 Å². The molecule has 1 saturated heterocycles. The van der Waals surface area contributed by atoms with Crippen LogP contribution in [0.15, 0.2) is 133 Å². The lowest BCUT2D eigenvalue weighted by molar-refractivity contribution is -0.152. The maximum absolute atomic E-state index is 14.1. The molecule has 0 unspecified atom stereocenters. The van der Waals surface area contributed by atoms with Crippen molar-refractivity contribution in [2.75, 3.05) is 13.2 Å². The highest BCUT2D eigenvalue weighted by molar-refractivity contribution is 7.00. The highest BCUT2D eigenvalue weighted by Crippen LogP contribution is 2.42. The molecule has 4 nitrogen and oxygen atoms in total. The van der Waals surface area contributed by atoms with E-state index in [1.54, 1.807) is 0 Å². The minimum absolute atomic E-state index is 0.222. The minimum atomic E-state index is -2.97. The van der Waals surface area contributed by atoms with Crippen molar-refractivity contribution in [2.24, 2.45) is 17.8 Å². The van der Waals surface area contributed by atoms with E-state index in [9.17, 15) is 4.79 Å². The number of cyclic esters (lactones) is 1. The molecule has 0 N–H and O–H groups in total. The summed E-state index contributed by atoms with van der Waals surface area (Å²) in [6, 6.07) is 42.8. The van der Waals surface area contributed by atoms with E-state index in [0.29, 0.717) is 24.2 Å². The fraction of sp³-hybridized carbons (Fsp3) is 0.426. The van der Waals surface area contributed by atoms with Gasteiger partial charge < -0.3 is 13.6 Å². The summed E-state index contributed by atoms with van der Waals surface area (Å²) in [5.74, 6) is 1.22. The smallest absolute Gasteiger partial charge is 0.334 e. The summed E-state index contributed by atoms with van der Waals surface area (Å²) >= 11 is 0. The van der Waals surface area contributed by atoms with E-state index in [2.05, 4.69) is 197 Å². The van der Waals surface area contributed by atoms with Gasteiger partial charge in [0.1, 0.15) is 0 Å². The zero-order valence-electron chi connectivity index (χ0n) is 33.8. The van der Waals surface area contributed by atoms with Crippen molar-refractivity contribution in [2.45, 2.75) is 97.8 Å². The van der Waals surface area contributed by atoms with Crippen molar-refractivity contribution in [1.82, 2.24) is 0 Å². The summed E-state index contributed by atoms with van der Waals surface area (Å²) in [5.41, 5.74) is -0.290. The van der Waals surface area contributed by atoms with Crippen LogP contribution in [0.1, 0.15) is 82.1 Å². The summed E-state index contributed by atoms with van der Waals surface area (Å²) in [6.45, 7) is 23.3. The first-order chi connectivity index (χ1) is 25.1. The van der Waals surface area contributed by atoms with Crippen molar-refractivity contribution in [3.05, 3.63) is 133 Å². The number of allylic oxidation sites excluding steroid dienone is 1. The molecule has 53 heavy (non-hydrogen) atoms. The largest absolute Gasteiger partial charge is 0.451 e. The number of hydrogen-bond acceptors (Lipinski definition) is 4. The molecular weight excluding hydrogens is 685 g/mol. The number of carbonyl (C=O) groups is 1. The van der Waals surface area contributed by atoms with Gasteiger partial charge >= 0.3 is 5.97 Å². The quantitative estimate of drug-likeness (QED) is 0.0734. The molecule has 0 radical (unpaired) electrons. The Hall–Kier alpha value is -3.56. The number of hydrogen-bond donors (Lipinski definition) is 0. The Kier molecular flexibility index (Phi) is 12.6. The van der Waals surface area contributed by atoms with Gasteiger partial charge in [-0.15, -0.1) is 0 Å².